The second kappa shape index (κ2) is 5.01. The van der Waals surface area contributed by atoms with Crippen LogP contribution in [0.2, 0.25) is 0 Å². The molecule has 11 heavy (non-hydrogen) atoms. The van der Waals surface area contributed by atoms with Crippen LogP contribution >= 0.6 is 12.6 Å². The van der Waals surface area contributed by atoms with Crippen LogP contribution in [0.1, 0.15) is 6.92 Å². The second-order valence-electron chi connectivity index (χ2n) is 3.15. The molecule has 0 aromatic carbocycles. The molecule has 1 atom stereocenters. The first kappa shape index (κ1) is 9.36. The Morgan fingerprint density at radius 2 is 2.45 bits per heavy atom. The number of rotatable bonds is 2. The molecule has 1 heterocycles. The van der Waals surface area contributed by atoms with Crippen LogP contribution in [0.25, 0.3) is 0 Å². The van der Waals surface area contributed by atoms with Gasteiger partial charge in [0.25, 0.3) is 0 Å². The number of nitrogens with one attached hydrogen (secondary N) is 1. The van der Waals surface area contributed by atoms with Crippen molar-refractivity contribution < 1.29 is 0 Å². The summed E-state index contributed by atoms with van der Waals surface area (Å²) in [6.45, 7) is 8.08. The molecule has 2 nitrogen and oxygen atoms in total. The van der Waals surface area contributed by atoms with Gasteiger partial charge in [0.1, 0.15) is 0 Å². The van der Waals surface area contributed by atoms with E-state index in [0.717, 1.165) is 24.8 Å². The lowest BCUT2D eigenvalue weighted by Gasteiger charge is -2.20. The fourth-order valence-electron chi connectivity index (χ4n) is 1.47. The number of hydrogen-bond donors (Lipinski definition) is 2. The van der Waals surface area contributed by atoms with Crippen molar-refractivity contribution in [3.05, 3.63) is 0 Å². The first-order valence-corrected chi connectivity index (χ1v) is 5.04. The molecule has 66 valence electrons. The van der Waals surface area contributed by atoms with Crippen LogP contribution in [-0.4, -0.2) is 43.4 Å². The van der Waals surface area contributed by atoms with E-state index in [2.05, 4.69) is 29.8 Å². The van der Waals surface area contributed by atoms with Gasteiger partial charge in [0, 0.05) is 26.2 Å². The Balaban J connectivity index is 2.33. The maximum Gasteiger partial charge on any atom is 0.0107 e. The zero-order valence-corrected chi connectivity index (χ0v) is 8.11. The summed E-state index contributed by atoms with van der Waals surface area (Å²) in [5.41, 5.74) is 0. The van der Waals surface area contributed by atoms with Crippen molar-refractivity contribution >= 4 is 12.6 Å². The second-order valence-corrected chi connectivity index (χ2v) is 3.51. The van der Waals surface area contributed by atoms with Crippen LogP contribution in [0.5, 0.6) is 0 Å². The van der Waals surface area contributed by atoms with Crippen LogP contribution in [0.15, 0.2) is 0 Å². The van der Waals surface area contributed by atoms with Crippen LogP contribution in [0, 0.1) is 5.92 Å². The van der Waals surface area contributed by atoms with Crippen molar-refractivity contribution in [2.75, 3.05) is 38.5 Å². The monoisotopic (exact) mass is 174 g/mol. The fourth-order valence-corrected chi connectivity index (χ4v) is 1.72. The molecule has 0 spiro atoms. The smallest absolute Gasteiger partial charge is 0.0107 e. The first-order chi connectivity index (χ1) is 5.36. The number of nitrogens with zero attached hydrogens (tertiary/aromatic N) is 1. The Morgan fingerprint density at radius 3 is 3.09 bits per heavy atom. The molecule has 1 saturated heterocycles. The topological polar surface area (TPSA) is 15.3 Å². The van der Waals surface area contributed by atoms with E-state index in [1.807, 2.05) is 0 Å². The van der Waals surface area contributed by atoms with Crippen molar-refractivity contribution in [1.29, 1.82) is 0 Å². The predicted molar refractivity (Wildman–Crippen MR) is 52.3 cm³/mol. The summed E-state index contributed by atoms with van der Waals surface area (Å²) >= 11 is 4.32. The molecule has 1 fully saturated rings. The normalized spacial score (nSPS) is 28.4. The minimum absolute atomic E-state index is 0.737. The van der Waals surface area contributed by atoms with Gasteiger partial charge in [-0.3, -0.25) is 0 Å². The van der Waals surface area contributed by atoms with Crippen molar-refractivity contribution in [1.82, 2.24) is 10.2 Å². The average Bonchev–Trinajstić information content (AvgIpc) is 2.28. The summed E-state index contributed by atoms with van der Waals surface area (Å²) in [6.07, 6.45) is 0. The van der Waals surface area contributed by atoms with E-state index in [1.165, 1.54) is 19.6 Å². The summed E-state index contributed by atoms with van der Waals surface area (Å²) in [7, 11) is 0. The summed E-state index contributed by atoms with van der Waals surface area (Å²) in [5, 5.41) is 3.42. The highest BCUT2D eigenvalue weighted by Crippen LogP contribution is 2.04. The maximum absolute atomic E-state index is 4.32. The molecule has 1 N–H and O–H groups in total. The Labute approximate surface area is 74.8 Å². The van der Waals surface area contributed by atoms with Crippen molar-refractivity contribution in [3.8, 4) is 0 Å². The molecule has 1 rings (SSSR count). The molecule has 1 unspecified atom stereocenters. The SMILES string of the molecule is CCN1CCNCC(CS)C1. The Morgan fingerprint density at radius 1 is 1.64 bits per heavy atom. The van der Waals surface area contributed by atoms with Crippen LogP contribution in [-0.2, 0) is 0 Å². The van der Waals surface area contributed by atoms with Gasteiger partial charge in [-0.15, -0.1) is 0 Å². The summed E-state index contributed by atoms with van der Waals surface area (Å²) in [6, 6.07) is 0. The van der Waals surface area contributed by atoms with Crippen LogP contribution < -0.4 is 5.32 Å². The number of hydrogen-bond acceptors (Lipinski definition) is 3. The van der Waals surface area contributed by atoms with Crippen LogP contribution in [0.3, 0.4) is 0 Å². The lowest BCUT2D eigenvalue weighted by atomic mass is 10.2. The van der Waals surface area contributed by atoms with E-state index in [9.17, 15) is 0 Å². The summed E-state index contributed by atoms with van der Waals surface area (Å²) in [4.78, 5) is 2.49. The average molecular weight is 174 g/mol. The van der Waals surface area contributed by atoms with Gasteiger partial charge in [-0.05, 0) is 18.2 Å². The van der Waals surface area contributed by atoms with E-state index in [0.29, 0.717) is 0 Å². The molecule has 0 saturated carbocycles. The zero-order chi connectivity index (χ0) is 8.10. The fraction of sp³-hybridized carbons (Fsp3) is 1.00. The Bertz CT molecular complexity index is 96.3. The van der Waals surface area contributed by atoms with Crippen molar-refractivity contribution in [3.63, 3.8) is 0 Å². The van der Waals surface area contributed by atoms with Gasteiger partial charge in [0.15, 0.2) is 0 Å². The van der Waals surface area contributed by atoms with Gasteiger partial charge in [-0.1, -0.05) is 6.92 Å². The largest absolute Gasteiger partial charge is 0.315 e. The quantitative estimate of drug-likeness (QED) is 0.591. The minimum Gasteiger partial charge on any atom is -0.315 e. The van der Waals surface area contributed by atoms with Gasteiger partial charge >= 0.3 is 0 Å². The molecule has 0 aliphatic carbocycles. The molecule has 0 bridgehead atoms. The molecule has 1 aliphatic heterocycles. The molecule has 0 aromatic rings. The first-order valence-electron chi connectivity index (χ1n) is 4.40. The highest BCUT2D eigenvalue weighted by molar-refractivity contribution is 7.80. The third-order valence-electron chi connectivity index (χ3n) is 2.26. The molecular weight excluding hydrogens is 156 g/mol. The molecule has 1 aliphatic rings. The van der Waals surface area contributed by atoms with Crippen molar-refractivity contribution in [2.24, 2.45) is 5.92 Å². The summed E-state index contributed by atoms with van der Waals surface area (Å²) in [5.74, 6) is 1.74. The highest BCUT2D eigenvalue weighted by Gasteiger charge is 2.14. The molecule has 0 amide bonds. The summed E-state index contributed by atoms with van der Waals surface area (Å²) < 4.78 is 0. The molecule has 0 radical (unpaired) electrons. The Kier molecular flexibility index (Phi) is 4.26. The standard InChI is InChI=1S/C8H18N2S/c1-2-10-4-3-9-5-8(6-10)7-11/h8-9,11H,2-7H2,1H3. The van der Waals surface area contributed by atoms with Gasteiger partial charge in [0.2, 0.25) is 0 Å². The van der Waals surface area contributed by atoms with Gasteiger partial charge in [-0.2, -0.15) is 12.6 Å². The lowest BCUT2D eigenvalue weighted by Crippen LogP contribution is -2.30. The Hall–Kier alpha value is 0.270. The predicted octanol–water partition coefficient (Wildman–Crippen LogP) is 0.458. The van der Waals surface area contributed by atoms with E-state index < -0.39 is 0 Å². The van der Waals surface area contributed by atoms with E-state index in [4.69, 9.17) is 0 Å². The van der Waals surface area contributed by atoms with E-state index in [-0.39, 0.29) is 0 Å². The lowest BCUT2D eigenvalue weighted by molar-refractivity contribution is 0.280. The third-order valence-corrected chi connectivity index (χ3v) is 2.78. The minimum atomic E-state index is 0.737. The van der Waals surface area contributed by atoms with Gasteiger partial charge in [-0.25, -0.2) is 0 Å². The van der Waals surface area contributed by atoms with Crippen molar-refractivity contribution in [2.45, 2.75) is 6.92 Å². The number of likely N-dealkylation sites (N-methyl/N-ethyl adjacent to an activating group) is 1. The highest BCUT2D eigenvalue weighted by atomic mass is 32.1. The van der Waals surface area contributed by atoms with E-state index in [1.54, 1.807) is 0 Å². The van der Waals surface area contributed by atoms with Gasteiger partial charge < -0.3 is 10.2 Å². The zero-order valence-electron chi connectivity index (χ0n) is 7.21. The molecular formula is C8H18N2S. The molecule has 3 heteroatoms. The maximum atomic E-state index is 4.32. The molecule has 0 aromatic heterocycles. The number of thiol groups is 1. The van der Waals surface area contributed by atoms with Gasteiger partial charge in [0.05, 0.1) is 0 Å². The third kappa shape index (κ3) is 3.01. The van der Waals surface area contributed by atoms with Crippen LogP contribution in [0.4, 0.5) is 0 Å². The van der Waals surface area contributed by atoms with E-state index >= 15 is 0 Å².